The number of benzene rings is 2. The first-order valence-corrected chi connectivity index (χ1v) is 13.4. The van der Waals surface area contributed by atoms with Crippen LogP contribution >= 0.6 is 23.2 Å². The molecule has 0 N–H and O–H groups in total. The minimum atomic E-state index is -0.737. The van der Waals surface area contributed by atoms with E-state index in [1.165, 1.54) is 0 Å². The largest absolute Gasteiger partial charge is 0.463 e. The van der Waals surface area contributed by atoms with Gasteiger partial charge < -0.3 is 9.47 Å². The Morgan fingerprint density at radius 1 is 0.650 bits per heavy atom. The Balaban J connectivity index is 0.000000220. The highest BCUT2D eigenvalue weighted by Crippen LogP contribution is 2.28. The fourth-order valence-electron chi connectivity index (χ4n) is 3.34. The molecule has 4 rings (SSSR count). The SMILES string of the molecule is CC(C)(C)C(=O)C(Oc1ccc(Cl)cc1)n1ccnc1.CC(C)(C)C(=O)C(Oc1ccc(Cl)cc1)n1ccnc1. The Hall–Kier alpha value is -3.62. The van der Waals surface area contributed by atoms with Gasteiger partial charge in [0.1, 0.15) is 11.5 Å². The van der Waals surface area contributed by atoms with Crippen LogP contribution < -0.4 is 9.47 Å². The summed E-state index contributed by atoms with van der Waals surface area (Å²) in [6, 6.07) is 13.9. The van der Waals surface area contributed by atoms with E-state index in [0.717, 1.165) is 0 Å². The Labute approximate surface area is 244 Å². The summed E-state index contributed by atoms with van der Waals surface area (Å²) in [6.45, 7) is 11.2. The minimum absolute atomic E-state index is 0.0227. The van der Waals surface area contributed by atoms with Crippen molar-refractivity contribution in [2.75, 3.05) is 0 Å². The van der Waals surface area contributed by atoms with Crippen LogP contribution in [0.3, 0.4) is 0 Å². The van der Waals surface area contributed by atoms with Crippen LogP contribution in [0.5, 0.6) is 11.5 Å². The number of carbonyl (C=O) groups excluding carboxylic acids is 2. The number of Topliss-reactive ketones (excluding diaryl/α,β-unsaturated/α-hetero) is 2. The van der Waals surface area contributed by atoms with E-state index in [9.17, 15) is 9.59 Å². The number of aromatic nitrogens is 4. The van der Waals surface area contributed by atoms with Crippen molar-refractivity contribution >= 4 is 34.8 Å². The lowest BCUT2D eigenvalue weighted by molar-refractivity contribution is -0.138. The van der Waals surface area contributed by atoms with Gasteiger partial charge in [-0.25, -0.2) is 9.97 Å². The lowest BCUT2D eigenvalue weighted by Crippen LogP contribution is -2.33. The van der Waals surface area contributed by atoms with Gasteiger partial charge in [0, 0.05) is 45.7 Å². The summed E-state index contributed by atoms with van der Waals surface area (Å²) >= 11 is 11.7. The molecule has 212 valence electrons. The van der Waals surface area contributed by atoms with Gasteiger partial charge >= 0.3 is 0 Å². The quantitative estimate of drug-likeness (QED) is 0.213. The number of hydrogen-bond donors (Lipinski definition) is 0. The van der Waals surface area contributed by atoms with Gasteiger partial charge in [0.25, 0.3) is 0 Å². The van der Waals surface area contributed by atoms with Crippen LogP contribution in [0.4, 0.5) is 0 Å². The number of hydrogen-bond acceptors (Lipinski definition) is 6. The van der Waals surface area contributed by atoms with Gasteiger partial charge in [-0.1, -0.05) is 64.7 Å². The van der Waals surface area contributed by atoms with Gasteiger partial charge in [0.05, 0.1) is 12.7 Å². The second kappa shape index (κ2) is 13.2. The Morgan fingerprint density at radius 3 is 1.23 bits per heavy atom. The van der Waals surface area contributed by atoms with Crippen molar-refractivity contribution in [1.29, 1.82) is 0 Å². The fourth-order valence-corrected chi connectivity index (χ4v) is 3.59. The molecule has 0 aliphatic heterocycles. The molecule has 2 aromatic heterocycles. The molecule has 0 radical (unpaired) electrons. The maximum Gasteiger partial charge on any atom is 0.236 e. The Morgan fingerprint density at radius 2 is 0.975 bits per heavy atom. The van der Waals surface area contributed by atoms with Crippen LogP contribution in [-0.4, -0.2) is 30.7 Å². The number of rotatable bonds is 8. The van der Waals surface area contributed by atoms with E-state index < -0.39 is 23.3 Å². The summed E-state index contributed by atoms with van der Waals surface area (Å²) in [4.78, 5) is 33.0. The van der Waals surface area contributed by atoms with E-state index >= 15 is 0 Å². The lowest BCUT2D eigenvalue weighted by atomic mass is 9.89. The fraction of sp³-hybridized carbons (Fsp3) is 0.333. The molecule has 2 aromatic carbocycles. The highest BCUT2D eigenvalue weighted by atomic mass is 35.5. The van der Waals surface area contributed by atoms with E-state index in [1.54, 1.807) is 95.1 Å². The van der Waals surface area contributed by atoms with E-state index in [4.69, 9.17) is 32.7 Å². The average molecular weight is 586 g/mol. The Bertz CT molecular complexity index is 1250. The number of halogens is 2. The zero-order valence-electron chi connectivity index (χ0n) is 23.4. The van der Waals surface area contributed by atoms with Crippen LogP contribution in [0.2, 0.25) is 10.0 Å². The zero-order valence-corrected chi connectivity index (χ0v) is 24.9. The molecule has 0 aliphatic carbocycles. The summed E-state index contributed by atoms with van der Waals surface area (Å²) in [7, 11) is 0. The topological polar surface area (TPSA) is 88.2 Å². The zero-order chi connectivity index (χ0) is 29.5. The smallest absolute Gasteiger partial charge is 0.236 e. The summed E-state index contributed by atoms with van der Waals surface area (Å²) < 4.78 is 14.9. The highest BCUT2D eigenvalue weighted by Gasteiger charge is 2.33. The van der Waals surface area contributed by atoms with Gasteiger partial charge in [0.15, 0.2) is 11.6 Å². The van der Waals surface area contributed by atoms with E-state index in [1.807, 2.05) is 41.5 Å². The predicted octanol–water partition coefficient (Wildman–Crippen LogP) is 7.46. The van der Waals surface area contributed by atoms with Gasteiger partial charge in [-0.2, -0.15) is 0 Å². The number of imidazole rings is 2. The second-order valence-electron chi connectivity index (χ2n) is 11.1. The van der Waals surface area contributed by atoms with Crippen molar-refractivity contribution in [2.24, 2.45) is 10.8 Å². The first kappa shape index (κ1) is 30.9. The molecule has 0 bridgehead atoms. The van der Waals surface area contributed by atoms with Gasteiger partial charge in [-0.15, -0.1) is 0 Å². The van der Waals surface area contributed by atoms with Crippen LogP contribution in [0.1, 0.15) is 54.0 Å². The lowest BCUT2D eigenvalue weighted by Gasteiger charge is -2.26. The number of ketones is 2. The standard InChI is InChI=1S/2C15H17ClN2O2/c2*1-15(2,3)13(19)14(18-9-8-17-10-18)20-12-6-4-11(16)5-7-12/h2*4-10,14H,1-3H3. The van der Waals surface area contributed by atoms with Crippen LogP contribution in [-0.2, 0) is 9.59 Å². The maximum absolute atomic E-state index is 12.5. The molecule has 2 atom stereocenters. The minimum Gasteiger partial charge on any atom is -0.463 e. The highest BCUT2D eigenvalue weighted by molar-refractivity contribution is 6.30. The van der Waals surface area contributed by atoms with Crippen LogP contribution in [0.15, 0.2) is 86.0 Å². The van der Waals surface area contributed by atoms with Crippen molar-refractivity contribution in [3.8, 4) is 11.5 Å². The molecule has 40 heavy (non-hydrogen) atoms. The third kappa shape index (κ3) is 8.69. The van der Waals surface area contributed by atoms with Gasteiger partial charge in [0.2, 0.25) is 12.5 Å². The summed E-state index contributed by atoms with van der Waals surface area (Å²) in [6.07, 6.45) is 8.34. The molecule has 2 unspecified atom stereocenters. The molecule has 2 heterocycles. The molecule has 0 saturated heterocycles. The number of carbonyl (C=O) groups is 2. The van der Waals surface area contributed by atoms with Crippen molar-refractivity contribution < 1.29 is 19.1 Å². The molecule has 0 amide bonds. The van der Waals surface area contributed by atoms with Crippen molar-refractivity contribution in [1.82, 2.24) is 19.1 Å². The molecule has 0 saturated carbocycles. The van der Waals surface area contributed by atoms with Crippen LogP contribution in [0, 0.1) is 10.8 Å². The summed E-state index contributed by atoms with van der Waals surface area (Å²) in [5, 5.41) is 1.25. The summed E-state index contributed by atoms with van der Waals surface area (Å²) in [5.74, 6) is 1.13. The molecular weight excluding hydrogens is 551 g/mol. The number of nitrogens with zero attached hydrogens (tertiary/aromatic N) is 4. The molecule has 8 nitrogen and oxygen atoms in total. The van der Waals surface area contributed by atoms with Crippen molar-refractivity contribution in [2.45, 2.75) is 54.0 Å². The van der Waals surface area contributed by atoms with Crippen molar-refractivity contribution in [3.63, 3.8) is 0 Å². The van der Waals surface area contributed by atoms with Gasteiger partial charge in [-0.05, 0) is 48.5 Å². The first-order chi connectivity index (χ1) is 18.8. The second-order valence-corrected chi connectivity index (χ2v) is 12.0. The van der Waals surface area contributed by atoms with E-state index in [0.29, 0.717) is 21.5 Å². The molecule has 4 aromatic rings. The molecule has 10 heteroatoms. The normalized spacial score (nSPS) is 13.0. The van der Waals surface area contributed by atoms with Gasteiger partial charge in [-0.3, -0.25) is 18.7 Å². The van der Waals surface area contributed by atoms with E-state index in [2.05, 4.69) is 9.97 Å². The third-order valence-electron chi connectivity index (χ3n) is 5.64. The van der Waals surface area contributed by atoms with Crippen LogP contribution in [0.25, 0.3) is 0 Å². The monoisotopic (exact) mass is 584 g/mol. The number of ether oxygens (including phenoxy) is 2. The maximum atomic E-state index is 12.5. The average Bonchev–Trinajstić information content (AvgIpc) is 3.62. The molecule has 0 spiro atoms. The first-order valence-electron chi connectivity index (χ1n) is 12.6. The summed E-state index contributed by atoms with van der Waals surface area (Å²) in [5.41, 5.74) is -1.03. The van der Waals surface area contributed by atoms with E-state index in [-0.39, 0.29) is 11.6 Å². The third-order valence-corrected chi connectivity index (χ3v) is 6.14. The Kier molecular flexibility index (Phi) is 10.2. The molecule has 0 aliphatic rings. The molecule has 0 fully saturated rings. The van der Waals surface area contributed by atoms with Crippen molar-refractivity contribution in [3.05, 3.63) is 96.0 Å². The molecular formula is C30H34Cl2N4O4. The predicted molar refractivity (Wildman–Crippen MR) is 156 cm³/mol.